The molecule has 0 aromatic carbocycles. The molecule has 1 aromatic rings. The molecule has 74 valence electrons. The summed E-state index contributed by atoms with van der Waals surface area (Å²) in [5.41, 5.74) is 4.15. The highest BCUT2D eigenvalue weighted by Crippen LogP contribution is 2.38. The molecule has 1 rings (SSSR count). The fraction of sp³-hybridized carbons (Fsp3) is 0.600. The molecular formula is C10H17NO2. The molecule has 0 fully saturated rings. The summed E-state index contributed by atoms with van der Waals surface area (Å²) in [6, 6.07) is 3.50. The normalized spacial score (nSPS) is 17.0. The highest BCUT2D eigenvalue weighted by Gasteiger charge is 2.42. The van der Waals surface area contributed by atoms with Crippen molar-refractivity contribution in [1.29, 1.82) is 0 Å². The fourth-order valence-corrected chi connectivity index (χ4v) is 1.29. The highest BCUT2D eigenvalue weighted by atomic mass is 16.4. The molecule has 0 spiro atoms. The lowest BCUT2D eigenvalue weighted by Crippen LogP contribution is -2.46. The van der Waals surface area contributed by atoms with E-state index in [1.807, 2.05) is 20.8 Å². The van der Waals surface area contributed by atoms with Gasteiger partial charge >= 0.3 is 0 Å². The molecule has 0 amide bonds. The van der Waals surface area contributed by atoms with E-state index < -0.39 is 5.60 Å². The molecule has 3 N–H and O–H groups in total. The summed E-state index contributed by atoms with van der Waals surface area (Å²) < 4.78 is 5.19. The Morgan fingerprint density at radius 2 is 2.08 bits per heavy atom. The zero-order valence-corrected chi connectivity index (χ0v) is 8.37. The Kier molecular flexibility index (Phi) is 2.50. The van der Waals surface area contributed by atoms with Crippen LogP contribution >= 0.6 is 0 Å². The van der Waals surface area contributed by atoms with Gasteiger partial charge in [0, 0.05) is 6.54 Å². The van der Waals surface area contributed by atoms with Crippen LogP contribution in [0, 0.1) is 5.41 Å². The van der Waals surface area contributed by atoms with Crippen LogP contribution < -0.4 is 5.73 Å². The summed E-state index contributed by atoms with van der Waals surface area (Å²) in [7, 11) is 0. The Balaban J connectivity index is 3.09. The van der Waals surface area contributed by atoms with E-state index in [0.717, 1.165) is 0 Å². The smallest absolute Gasteiger partial charge is 0.139 e. The molecule has 0 saturated heterocycles. The van der Waals surface area contributed by atoms with Gasteiger partial charge in [-0.1, -0.05) is 20.8 Å². The maximum atomic E-state index is 10.3. The Labute approximate surface area is 78.5 Å². The quantitative estimate of drug-likeness (QED) is 0.730. The number of aliphatic hydroxyl groups is 1. The molecule has 0 aliphatic rings. The summed E-state index contributed by atoms with van der Waals surface area (Å²) in [4.78, 5) is 0. The van der Waals surface area contributed by atoms with Gasteiger partial charge in [0.25, 0.3) is 0 Å². The van der Waals surface area contributed by atoms with Crippen molar-refractivity contribution in [3.63, 3.8) is 0 Å². The standard InChI is InChI=1S/C10H17NO2/c1-9(2,3)10(12,7-11)8-5-4-6-13-8/h4-6,12H,7,11H2,1-3H3. The number of furan rings is 1. The van der Waals surface area contributed by atoms with Gasteiger partial charge in [-0.05, 0) is 17.5 Å². The van der Waals surface area contributed by atoms with Gasteiger partial charge in [-0.2, -0.15) is 0 Å². The molecule has 1 atom stereocenters. The third-order valence-corrected chi connectivity index (χ3v) is 2.46. The van der Waals surface area contributed by atoms with Crippen LogP contribution in [0.25, 0.3) is 0 Å². The third-order valence-electron chi connectivity index (χ3n) is 2.46. The van der Waals surface area contributed by atoms with E-state index in [2.05, 4.69) is 0 Å². The molecular weight excluding hydrogens is 166 g/mol. The fourth-order valence-electron chi connectivity index (χ4n) is 1.29. The number of hydrogen-bond acceptors (Lipinski definition) is 3. The van der Waals surface area contributed by atoms with Crippen LogP contribution in [0.5, 0.6) is 0 Å². The van der Waals surface area contributed by atoms with Gasteiger partial charge in [0.15, 0.2) is 0 Å². The van der Waals surface area contributed by atoms with Crippen LogP contribution in [0.15, 0.2) is 22.8 Å². The monoisotopic (exact) mass is 183 g/mol. The lowest BCUT2D eigenvalue weighted by atomic mass is 9.75. The number of nitrogens with two attached hydrogens (primary N) is 1. The molecule has 0 saturated carbocycles. The van der Waals surface area contributed by atoms with Gasteiger partial charge in [-0.25, -0.2) is 0 Å². The van der Waals surface area contributed by atoms with E-state index in [4.69, 9.17) is 10.2 Å². The second-order valence-corrected chi connectivity index (χ2v) is 4.29. The summed E-state index contributed by atoms with van der Waals surface area (Å²) in [6.45, 7) is 5.96. The maximum Gasteiger partial charge on any atom is 0.139 e. The van der Waals surface area contributed by atoms with Crippen molar-refractivity contribution in [3.8, 4) is 0 Å². The van der Waals surface area contributed by atoms with E-state index in [9.17, 15) is 5.11 Å². The van der Waals surface area contributed by atoms with Crippen molar-refractivity contribution >= 4 is 0 Å². The molecule has 0 aliphatic carbocycles. The van der Waals surface area contributed by atoms with Gasteiger partial charge < -0.3 is 15.3 Å². The van der Waals surface area contributed by atoms with Gasteiger partial charge in [0.1, 0.15) is 11.4 Å². The zero-order chi connectivity index (χ0) is 10.1. The average Bonchev–Trinajstić information content (AvgIpc) is 2.52. The topological polar surface area (TPSA) is 59.4 Å². The van der Waals surface area contributed by atoms with E-state index in [1.54, 1.807) is 18.4 Å². The van der Waals surface area contributed by atoms with E-state index in [0.29, 0.717) is 5.76 Å². The van der Waals surface area contributed by atoms with Gasteiger partial charge in [-0.15, -0.1) is 0 Å². The number of hydrogen-bond donors (Lipinski definition) is 2. The van der Waals surface area contributed by atoms with Crippen LogP contribution in [-0.2, 0) is 5.60 Å². The first-order chi connectivity index (χ1) is 5.92. The second-order valence-electron chi connectivity index (χ2n) is 4.29. The predicted octanol–water partition coefficient (Wildman–Crippen LogP) is 1.47. The molecule has 1 unspecified atom stereocenters. The van der Waals surface area contributed by atoms with Crippen molar-refractivity contribution in [2.45, 2.75) is 26.4 Å². The lowest BCUT2D eigenvalue weighted by molar-refractivity contribution is -0.0720. The minimum atomic E-state index is -1.09. The summed E-state index contributed by atoms with van der Waals surface area (Å²) in [6.07, 6.45) is 1.54. The van der Waals surface area contributed by atoms with Gasteiger partial charge in [0.2, 0.25) is 0 Å². The van der Waals surface area contributed by atoms with Crippen LogP contribution in [0.4, 0.5) is 0 Å². The zero-order valence-electron chi connectivity index (χ0n) is 8.37. The molecule has 13 heavy (non-hydrogen) atoms. The Bertz CT molecular complexity index is 261. The molecule has 3 nitrogen and oxygen atoms in total. The van der Waals surface area contributed by atoms with Crippen LogP contribution in [0.1, 0.15) is 26.5 Å². The van der Waals surface area contributed by atoms with Gasteiger partial charge in [0.05, 0.1) is 6.26 Å². The lowest BCUT2D eigenvalue weighted by Gasteiger charge is -2.37. The molecule has 1 aromatic heterocycles. The summed E-state index contributed by atoms with van der Waals surface area (Å²) >= 11 is 0. The first-order valence-electron chi connectivity index (χ1n) is 4.38. The highest BCUT2D eigenvalue weighted by molar-refractivity contribution is 5.13. The Morgan fingerprint density at radius 3 is 2.38 bits per heavy atom. The molecule has 1 heterocycles. The van der Waals surface area contributed by atoms with Crippen molar-refractivity contribution in [2.24, 2.45) is 11.1 Å². The van der Waals surface area contributed by atoms with Crippen LogP contribution in [0.3, 0.4) is 0 Å². The molecule has 0 bridgehead atoms. The van der Waals surface area contributed by atoms with E-state index >= 15 is 0 Å². The Morgan fingerprint density at radius 1 is 1.46 bits per heavy atom. The minimum absolute atomic E-state index is 0.157. The molecule has 3 heteroatoms. The van der Waals surface area contributed by atoms with E-state index in [1.165, 1.54) is 0 Å². The van der Waals surface area contributed by atoms with Crippen molar-refractivity contribution in [1.82, 2.24) is 0 Å². The SMILES string of the molecule is CC(C)(C)C(O)(CN)c1ccco1. The Hall–Kier alpha value is -0.800. The first-order valence-corrected chi connectivity index (χ1v) is 4.38. The third kappa shape index (κ3) is 1.62. The largest absolute Gasteiger partial charge is 0.466 e. The van der Waals surface area contributed by atoms with E-state index in [-0.39, 0.29) is 12.0 Å². The summed E-state index contributed by atoms with van der Waals surface area (Å²) in [5, 5.41) is 10.3. The van der Waals surface area contributed by atoms with Crippen molar-refractivity contribution < 1.29 is 9.52 Å². The van der Waals surface area contributed by atoms with Crippen LogP contribution in [0.2, 0.25) is 0 Å². The molecule has 0 aliphatic heterocycles. The average molecular weight is 183 g/mol. The summed E-state index contributed by atoms with van der Waals surface area (Å²) in [5.74, 6) is 0.530. The van der Waals surface area contributed by atoms with Crippen molar-refractivity contribution in [2.75, 3.05) is 6.54 Å². The second kappa shape index (κ2) is 3.16. The number of rotatable bonds is 2. The maximum absolute atomic E-state index is 10.3. The van der Waals surface area contributed by atoms with Crippen molar-refractivity contribution in [3.05, 3.63) is 24.2 Å². The van der Waals surface area contributed by atoms with Crippen LogP contribution in [-0.4, -0.2) is 11.7 Å². The minimum Gasteiger partial charge on any atom is -0.466 e. The first kappa shape index (κ1) is 10.3. The molecule has 0 radical (unpaired) electrons. The van der Waals surface area contributed by atoms with Gasteiger partial charge in [-0.3, -0.25) is 0 Å². The predicted molar refractivity (Wildman–Crippen MR) is 51.1 cm³/mol.